The minimum Gasteiger partial charge on any atom is -0.467 e. The number of benzene rings is 1. The lowest BCUT2D eigenvalue weighted by Gasteiger charge is -2.21. The van der Waals surface area contributed by atoms with Gasteiger partial charge in [-0.2, -0.15) is 5.26 Å². The number of carbonyl (C=O) groups excluding carboxylic acids is 1. The molecule has 1 aromatic carbocycles. The Labute approximate surface area is 185 Å². The average molecular weight is 437 g/mol. The molecule has 3 heterocycles. The molecule has 0 spiro atoms. The number of nitriles is 1. The lowest BCUT2D eigenvalue weighted by Crippen LogP contribution is -2.33. The third-order valence-electron chi connectivity index (χ3n) is 5.12. The molecule has 2 aromatic heterocycles. The second-order valence-electron chi connectivity index (χ2n) is 7.22. The Bertz CT molecular complexity index is 1020. The number of hydrogen-bond donors (Lipinski definition) is 0. The van der Waals surface area contributed by atoms with Crippen LogP contribution in [0.3, 0.4) is 0 Å². The zero-order valence-electron chi connectivity index (χ0n) is 17.2. The zero-order chi connectivity index (χ0) is 21.5. The maximum absolute atomic E-state index is 13.0. The average Bonchev–Trinajstić information content (AvgIpc) is 3.56. The molecule has 160 valence electrons. The van der Waals surface area contributed by atoms with E-state index in [1.54, 1.807) is 11.2 Å². The van der Waals surface area contributed by atoms with Gasteiger partial charge in [0.15, 0.2) is 5.16 Å². The Morgan fingerprint density at radius 3 is 2.68 bits per heavy atom. The van der Waals surface area contributed by atoms with Crippen molar-refractivity contribution < 1.29 is 9.21 Å². The standard InChI is InChI=1S/C22H24N6O2S/c23-11-7-14-27(18-8-2-1-3-9-18)20(29)17-31-22-25-24-21(26-12-4-5-13-26)28(22)16-19-10-6-15-30-19/h1-3,6,8-10,15H,4-5,7,12-14,16-17H2. The molecule has 4 rings (SSSR count). The largest absolute Gasteiger partial charge is 0.467 e. The van der Waals surface area contributed by atoms with E-state index < -0.39 is 0 Å². The monoisotopic (exact) mass is 436 g/mol. The van der Waals surface area contributed by atoms with Crippen molar-refractivity contribution in [1.82, 2.24) is 14.8 Å². The summed E-state index contributed by atoms with van der Waals surface area (Å²) in [5, 5.41) is 18.5. The topological polar surface area (TPSA) is 91.2 Å². The van der Waals surface area contributed by atoms with E-state index in [0.717, 1.165) is 43.3 Å². The van der Waals surface area contributed by atoms with Crippen molar-refractivity contribution in [2.75, 3.05) is 35.2 Å². The number of rotatable bonds is 9. The number of amides is 1. The van der Waals surface area contributed by atoms with Crippen molar-refractivity contribution in [1.29, 1.82) is 5.26 Å². The van der Waals surface area contributed by atoms with E-state index in [1.807, 2.05) is 47.0 Å². The SMILES string of the molecule is N#CCCN(C(=O)CSc1nnc(N2CCCC2)n1Cc1ccco1)c1ccccc1. The molecule has 1 amide bonds. The first-order valence-electron chi connectivity index (χ1n) is 10.3. The summed E-state index contributed by atoms with van der Waals surface area (Å²) in [7, 11) is 0. The van der Waals surface area contributed by atoms with Gasteiger partial charge in [0.25, 0.3) is 0 Å². The smallest absolute Gasteiger partial charge is 0.237 e. The van der Waals surface area contributed by atoms with Crippen LogP contribution < -0.4 is 9.80 Å². The molecule has 0 aliphatic carbocycles. The van der Waals surface area contributed by atoms with Gasteiger partial charge in [-0.05, 0) is 37.1 Å². The maximum atomic E-state index is 13.0. The number of hydrogen-bond acceptors (Lipinski definition) is 7. The van der Waals surface area contributed by atoms with Gasteiger partial charge in [0.1, 0.15) is 5.76 Å². The fraction of sp³-hybridized carbons (Fsp3) is 0.364. The van der Waals surface area contributed by atoms with Gasteiger partial charge in [0.05, 0.1) is 31.1 Å². The van der Waals surface area contributed by atoms with Gasteiger partial charge in [0, 0.05) is 25.3 Å². The van der Waals surface area contributed by atoms with Gasteiger partial charge >= 0.3 is 0 Å². The molecule has 31 heavy (non-hydrogen) atoms. The number of nitrogens with zero attached hydrogens (tertiary/aromatic N) is 6. The number of aromatic nitrogens is 3. The summed E-state index contributed by atoms with van der Waals surface area (Å²) in [5.74, 6) is 1.76. The lowest BCUT2D eigenvalue weighted by atomic mass is 10.2. The van der Waals surface area contributed by atoms with Crippen LogP contribution in [0.2, 0.25) is 0 Å². The first-order valence-corrected chi connectivity index (χ1v) is 11.3. The molecule has 1 aliphatic rings. The molecule has 0 N–H and O–H groups in total. The highest BCUT2D eigenvalue weighted by molar-refractivity contribution is 7.99. The minimum atomic E-state index is -0.0679. The maximum Gasteiger partial charge on any atom is 0.237 e. The number of carbonyl (C=O) groups is 1. The summed E-state index contributed by atoms with van der Waals surface area (Å²) >= 11 is 1.36. The first kappa shape index (κ1) is 21.0. The Morgan fingerprint density at radius 1 is 1.16 bits per heavy atom. The fourth-order valence-corrected chi connectivity index (χ4v) is 4.42. The number of anilines is 2. The van der Waals surface area contributed by atoms with E-state index in [9.17, 15) is 4.79 Å². The molecular formula is C22H24N6O2S. The summed E-state index contributed by atoms with van der Waals surface area (Å²) in [4.78, 5) is 16.9. The Hall–Kier alpha value is -3.25. The van der Waals surface area contributed by atoms with Gasteiger partial charge in [0.2, 0.25) is 11.9 Å². The minimum absolute atomic E-state index is 0.0679. The predicted octanol–water partition coefficient (Wildman–Crippen LogP) is 3.56. The van der Waals surface area contributed by atoms with Crippen LogP contribution in [0.5, 0.6) is 0 Å². The summed E-state index contributed by atoms with van der Waals surface area (Å²) in [5.41, 5.74) is 0.790. The predicted molar refractivity (Wildman–Crippen MR) is 119 cm³/mol. The summed E-state index contributed by atoms with van der Waals surface area (Å²) in [6, 6.07) is 15.3. The summed E-state index contributed by atoms with van der Waals surface area (Å²) < 4.78 is 7.55. The van der Waals surface area contributed by atoms with Gasteiger partial charge in [-0.15, -0.1) is 10.2 Å². The quantitative estimate of drug-likeness (QED) is 0.474. The highest BCUT2D eigenvalue weighted by Crippen LogP contribution is 2.27. The lowest BCUT2D eigenvalue weighted by molar-refractivity contribution is -0.116. The van der Waals surface area contributed by atoms with E-state index in [1.165, 1.54) is 11.8 Å². The molecule has 3 aromatic rings. The second kappa shape index (κ2) is 10.2. The van der Waals surface area contributed by atoms with Crippen LogP contribution in [0.1, 0.15) is 25.0 Å². The second-order valence-corrected chi connectivity index (χ2v) is 8.16. The Kier molecular flexibility index (Phi) is 6.89. The third kappa shape index (κ3) is 5.09. The van der Waals surface area contributed by atoms with Crippen molar-refractivity contribution in [2.45, 2.75) is 31.0 Å². The van der Waals surface area contributed by atoms with Crippen LogP contribution >= 0.6 is 11.8 Å². The van der Waals surface area contributed by atoms with E-state index >= 15 is 0 Å². The number of thioether (sulfide) groups is 1. The molecule has 0 radical (unpaired) electrons. The third-order valence-corrected chi connectivity index (χ3v) is 6.07. The van der Waals surface area contributed by atoms with Crippen molar-refractivity contribution in [3.8, 4) is 6.07 Å². The van der Waals surface area contributed by atoms with Crippen molar-refractivity contribution in [2.24, 2.45) is 0 Å². The Balaban J connectivity index is 1.51. The van der Waals surface area contributed by atoms with E-state index in [4.69, 9.17) is 9.68 Å². The molecule has 8 nitrogen and oxygen atoms in total. The molecule has 0 unspecified atom stereocenters. The van der Waals surface area contributed by atoms with Gasteiger partial charge in [-0.3, -0.25) is 9.36 Å². The molecular weight excluding hydrogens is 412 g/mol. The number of para-hydroxylation sites is 1. The molecule has 1 aliphatic heterocycles. The summed E-state index contributed by atoms with van der Waals surface area (Å²) in [6.07, 6.45) is 4.20. The van der Waals surface area contributed by atoms with Crippen molar-refractivity contribution in [3.05, 3.63) is 54.5 Å². The Morgan fingerprint density at radius 2 is 1.97 bits per heavy atom. The highest BCUT2D eigenvalue weighted by atomic mass is 32.2. The summed E-state index contributed by atoms with van der Waals surface area (Å²) in [6.45, 7) is 2.78. The number of furan rings is 1. The normalized spacial score (nSPS) is 13.3. The van der Waals surface area contributed by atoms with E-state index in [2.05, 4.69) is 21.2 Å². The van der Waals surface area contributed by atoms with Crippen LogP contribution in [-0.4, -0.2) is 46.1 Å². The van der Waals surface area contributed by atoms with E-state index in [-0.39, 0.29) is 18.1 Å². The first-order chi connectivity index (χ1) is 15.3. The van der Waals surface area contributed by atoms with Crippen LogP contribution in [0.4, 0.5) is 11.6 Å². The van der Waals surface area contributed by atoms with Gasteiger partial charge in [-0.1, -0.05) is 30.0 Å². The van der Waals surface area contributed by atoms with Gasteiger partial charge in [-0.25, -0.2) is 0 Å². The van der Waals surface area contributed by atoms with Crippen LogP contribution in [0.15, 0.2) is 58.3 Å². The van der Waals surface area contributed by atoms with Crippen LogP contribution in [0.25, 0.3) is 0 Å². The van der Waals surface area contributed by atoms with Crippen molar-refractivity contribution >= 4 is 29.3 Å². The molecule has 0 bridgehead atoms. The molecule has 1 fully saturated rings. The highest BCUT2D eigenvalue weighted by Gasteiger charge is 2.23. The zero-order valence-corrected chi connectivity index (χ0v) is 18.0. The van der Waals surface area contributed by atoms with E-state index in [0.29, 0.717) is 18.2 Å². The fourth-order valence-electron chi connectivity index (χ4n) is 3.61. The van der Waals surface area contributed by atoms with Gasteiger partial charge < -0.3 is 14.2 Å². The van der Waals surface area contributed by atoms with Crippen LogP contribution in [-0.2, 0) is 11.3 Å². The molecule has 0 atom stereocenters. The van der Waals surface area contributed by atoms with Crippen LogP contribution in [0, 0.1) is 11.3 Å². The molecule has 9 heteroatoms. The molecule has 1 saturated heterocycles. The van der Waals surface area contributed by atoms with Crippen molar-refractivity contribution in [3.63, 3.8) is 0 Å². The molecule has 0 saturated carbocycles.